The summed E-state index contributed by atoms with van der Waals surface area (Å²) in [5.41, 5.74) is 0.841. The minimum Gasteiger partial charge on any atom is -0.381 e. The Morgan fingerprint density at radius 1 is 1.44 bits per heavy atom. The number of aliphatic imine (C=N–C) groups is 1. The fraction of sp³-hybridized carbons (Fsp3) is 0.526. The van der Waals surface area contributed by atoms with E-state index >= 15 is 0 Å². The predicted molar refractivity (Wildman–Crippen MR) is 106 cm³/mol. The number of guanidine groups is 1. The molecule has 0 radical (unpaired) electrons. The maximum absolute atomic E-state index is 6.02. The van der Waals surface area contributed by atoms with Crippen LogP contribution in [-0.4, -0.2) is 60.9 Å². The third-order valence-corrected chi connectivity index (χ3v) is 4.63. The molecule has 0 aliphatic carbocycles. The fourth-order valence-corrected chi connectivity index (χ4v) is 3.22. The molecule has 0 saturated carbocycles. The van der Waals surface area contributed by atoms with Gasteiger partial charge in [-0.15, -0.1) is 0 Å². The van der Waals surface area contributed by atoms with Gasteiger partial charge < -0.3 is 19.5 Å². The van der Waals surface area contributed by atoms with E-state index in [1.807, 2.05) is 24.3 Å². The van der Waals surface area contributed by atoms with Crippen molar-refractivity contribution in [3.63, 3.8) is 0 Å². The number of aromatic nitrogens is 2. The van der Waals surface area contributed by atoms with E-state index in [4.69, 9.17) is 20.9 Å². The first-order chi connectivity index (χ1) is 13.2. The molecule has 1 aliphatic rings. The number of nitrogens with one attached hydrogen (secondary N) is 1. The van der Waals surface area contributed by atoms with E-state index < -0.39 is 0 Å². The quantitative estimate of drug-likeness (QED) is 0.577. The minimum atomic E-state index is 0.543. The zero-order valence-electron chi connectivity index (χ0n) is 15.8. The number of benzene rings is 1. The van der Waals surface area contributed by atoms with E-state index in [0.29, 0.717) is 35.6 Å². The van der Waals surface area contributed by atoms with Crippen molar-refractivity contribution in [2.24, 2.45) is 10.9 Å². The van der Waals surface area contributed by atoms with Gasteiger partial charge in [0.15, 0.2) is 5.96 Å². The molecule has 1 fully saturated rings. The molecule has 1 aliphatic heterocycles. The van der Waals surface area contributed by atoms with Gasteiger partial charge in [0.05, 0.1) is 13.2 Å². The number of hydrogen-bond acceptors (Lipinski definition) is 5. The van der Waals surface area contributed by atoms with Gasteiger partial charge in [0, 0.05) is 49.7 Å². The Bertz CT molecular complexity index is 758. The monoisotopic (exact) mass is 391 g/mol. The van der Waals surface area contributed by atoms with Crippen molar-refractivity contribution >= 4 is 17.6 Å². The maximum atomic E-state index is 6.02. The van der Waals surface area contributed by atoms with E-state index in [-0.39, 0.29) is 0 Å². The lowest BCUT2D eigenvalue weighted by atomic mass is 10.1. The SMILES string of the molecule is CCNC(=NCCc1nc(-c2cccc(Cl)c2)no1)N(C)CC1CCOC1. The fourth-order valence-electron chi connectivity index (χ4n) is 3.03. The summed E-state index contributed by atoms with van der Waals surface area (Å²) in [5, 5.41) is 8.01. The molecule has 2 heterocycles. The van der Waals surface area contributed by atoms with E-state index in [2.05, 4.69) is 39.3 Å². The Kier molecular flexibility index (Phi) is 7.06. The van der Waals surface area contributed by atoms with Crippen molar-refractivity contribution in [3.8, 4) is 11.4 Å². The van der Waals surface area contributed by atoms with Gasteiger partial charge in [-0.1, -0.05) is 28.9 Å². The van der Waals surface area contributed by atoms with Crippen LogP contribution < -0.4 is 5.32 Å². The van der Waals surface area contributed by atoms with Crippen LogP contribution in [-0.2, 0) is 11.2 Å². The molecule has 1 atom stereocenters. The minimum absolute atomic E-state index is 0.543. The first-order valence-corrected chi connectivity index (χ1v) is 9.69. The van der Waals surface area contributed by atoms with Crippen LogP contribution in [0.2, 0.25) is 5.02 Å². The topological polar surface area (TPSA) is 75.8 Å². The van der Waals surface area contributed by atoms with E-state index in [1.165, 1.54) is 0 Å². The molecule has 0 amide bonds. The third-order valence-electron chi connectivity index (χ3n) is 4.39. The standard InChI is InChI=1S/C19H26ClN5O2/c1-3-21-19(25(2)12-14-8-10-26-13-14)22-9-7-17-23-18(24-27-17)15-5-4-6-16(20)11-15/h4-6,11,14H,3,7-10,12-13H2,1-2H3,(H,21,22). The lowest BCUT2D eigenvalue weighted by Crippen LogP contribution is -2.41. The second-order valence-electron chi connectivity index (χ2n) is 6.62. The van der Waals surface area contributed by atoms with Crippen molar-refractivity contribution in [1.29, 1.82) is 0 Å². The van der Waals surface area contributed by atoms with Gasteiger partial charge in [0.25, 0.3) is 0 Å². The smallest absolute Gasteiger partial charge is 0.228 e. The van der Waals surface area contributed by atoms with Crippen LogP contribution in [0, 0.1) is 5.92 Å². The maximum Gasteiger partial charge on any atom is 0.228 e. The van der Waals surface area contributed by atoms with Crippen molar-refractivity contribution in [3.05, 3.63) is 35.2 Å². The van der Waals surface area contributed by atoms with E-state index in [0.717, 1.165) is 44.2 Å². The van der Waals surface area contributed by atoms with Crippen LogP contribution in [0.15, 0.2) is 33.8 Å². The molecule has 3 rings (SSSR count). The molecule has 7 nitrogen and oxygen atoms in total. The lowest BCUT2D eigenvalue weighted by molar-refractivity contribution is 0.181. The van der Waals surface area contributed by atoms with Crippen LogP contribution in [0.5, 0.6) is 0 Å². The molecule has 1 unspecified atom stereocenters. The molecule has 8 heteroatoms. The Morgan fingerprint density at radius 2 is 2.33 bits per heavy atom. The first kappa shape index (κ1) is 19.6. The highest BCUT2D eigenvalue weighted by molar-refractivity contribution is 6.30. The largest absolute Gasteiger partial charge is 0.381 e. The van der Waals surface area contributed by atoms with Crippen LogP contribution in [0.25, 0.3) is 11.4 Å². The summed E-state index contributed by atoms with van der Waals surface area (Å²) in [7, 11) is 2.06. The predicted octanol–water partition coefficient (Wildman–Crippen LogP) is 2.87. The highest BCUT2D eigenvalue weighted by Gasteiger charge is 2.19. The number of nitrogens with zero attached hydrogens (tertiary/aromatic N) is 4. The van der Waals surface area contributed by atoms with Gasteiger partial charge in [-0.2, -0.15) is 4.98 Å². The average Bonchev–Trinajstić information content (AvgIpc) is 3.33. The Labute approximate surface area is 164 Å². The number of rotatable bonds is 7. The molecule has 146 valence electrons. The van der Waals surface area contributed by atoms with Gasteiger partial charge >= 0.3 is 0 Å². The summed E-state index contributed by atoms with van der Waals surface area (Å²) < 4.78 is 10.8. The Hall–Kier alpha value is -2.12. The van der Waals surface area contributed by atoms with Crippen molar-refractivity contribution in [2.45, 2.75) is 19.8 Å². The van der Waals surface area contributed by atoms with Gasteiger partial charge in [-0.3, -0.25) is 4.99 Å². The van der Waals surface area contributed by atoms with Crippen LogP contribution in [0.3, 0.4) is 0 Å². The molecule has 0 bridgehead atoms. The Balaban J connectivity index is 1.57. The van der Waals surface area contributed by atoms with Gasteiger partial charge in [0.2, 0.25) is 11.7 Å². The van der Waals surface area contributed by atoms with Crippen LogP contribution in [0.1, 0.15) is 19.2 Å². The van der Waals surface area contributed by atoms with Crippen LogP contribution in [0.4, 0.5) is 0 Å². The van der Waals surface area contributed by atoms with Crippen molar-refractivity contribution in [2.75, 3.05) is 39.9 Å². The third kappa shape index (κ3) is 5.68. The molecule has 0 spiro atoms. The van der Waals surface area contributed by atoms with Crippen LogP contribution >= 0.6 is 11.6 Å². The normalized spacial score (nSPS) is 17.3. The summed E-state index contributed by atoms with van der Waals surface area (Å²) >= 11 is 6.02. The molecule has 2 aromatic rings. The zero-order valence-corrected chi connectivity index (χ0v) is 16.6. The second-order valence-corrected chi connectivity index (χ2v) is 7.05. The van der Waals surface area contributed by atoms with E-state index in [1.54, 1.807) is 0 Å². The summed E-state index contributed by atoms with van der Waals surface area (Å²) in [6.07, 6.45) is 1.70. The number of halogens is 1. The molecule has 1 saturated heterocycles. The average molecular weight is 392 g/mol. The van der Waals surface area contributed by atoms with Crippen molar-refractivity contribution in [1.82, 2.24) is 20.4 Å². The zero-order chi connectivity index (χ0) is 19.1. The molecule has 1 aromatic heterocycles. The molecular formula is C19H26ClN5O2. The Morgan fingerprint density at radius 3 is 3.07 bits per heavy atom. The first-order valence-electron chi connectivity index (χ1n) is 9.31. The summed E-state index contributed by atoms with van der Waals surface area (Å²) in [6, 6.07) is 7.41. The number of hydrogen-bond donors (Lipinski definition) is 1. The van der Waals surface area contributed by atoms with Crippen molar-refractivity contribution < 1.29 is 9.26 Å². The summed E-state index contributed by atoms with van der Waals surface area (Å²) in [4.78, 5) is 11.3. The lowest BCUT2D eigenvalue weighted by Gasteiger charge is -2.24. The van der Waals surface area contributed by atoms with Gasteiger partial charge in [-0.25, -0.2) is 0 Å². The van der Waals surface area contributed by atoms with E-state index in [9.17, 15) is 0 Å². The summed E-state index contributed by atoms with van der Waals surface area (Å²) in [6.45, 7) is 6.09. The molecule has 1 N–H and O–H groups in total. The highest BCUT2D eigenvalue weighted by atomic mass is 35.5. The highest BCUT2D eigenvalue weighted by Crippen LogP contribution is 2.20. The number of ether oxygens (including phenoxy) is 1. The molecule has 27 heavy (non-hydrogen) atoms. The molecular weight excluding hydrogens is 366 g/mol. The summed E-state index contributed by atoms with van der Waals surface area (Å²) in [5.74, 6) is 2.56. The molecule has 1 aromatic carbocycles. The second kappa shape index (κ2) is 9.71. The van der Waals surface area contributed by atoms with Gasteiger partial charge in [-0.05, 0) is 25.5 Å². The van der Waals surface area contributed by atoms with Gasteiger partial charge in [0.1, 0.15) is 0 Å².